The van der Waals surface area contributed by atoms with E-state index in [0.29, 0.717) is 11.3 Å². The van der Waals surface area contributed by atoms with E-state index >= 15 is 0 Å². The Kier molecular flexibility index (Phi) is 5.56. The number of H-pyrrole nitrogens is 1. The molecule has 23 heavy (non-hydrogen) atoms. The van der Waals surface area contributed by atoms with E-state index in [0.717, 1.165) is 0 Å². The second-order valence-corrected chi connectivity index (χ2v) is 7.06. The first-order chi connectivity index (χ1) is 10.9. The second kappa shape index (κ2) is 7.25. The van der Waals surface area contributed by atoms with E-state index < -0.39 is 25.1 Å². The van der Waals surface area contributed by atoms with Crippen LogP contribution >= 0.6 is 7.60 Å². The Morgan fingerprint density at radius 1 is 1.39 bits per heavy atom. The third kappa shape index (κ3) is 4.19. The Balaban J connectivity index is 2.12. The molecule has 1 N–H and O–H groups in total. The summed E-state index contributed by atoms with van der Waals surface area (Å²) < 4.78 is 24.2. The van der Waals surface area contributed by atoms with Crippen molar-refractivity contribution < 1.29 is 18.5 Å². The van der Waals surface area contributed by atoms with Crippen molar-refractivity contribution in [2.75, 3.05) is 19.4 Å². The van der Waals surface area contributed by atoms with E-state index in [-0.39, 0.29) is 25.8 Å². The van der Waals surface area contributed by atoms with Crippen molar-refractivity contribution in [2.45, 2.75) is 33.4 Å². The predicted molar refractivity (Wildman–Crippen MR) is 84.0 cm³/mol. The Morgan fingerprint density at radius 3 is 2.65 bits per heavy atom. The van der Waals surface area contributed by atoms with Gasteiger partial charge in [0, 0.05) is 18.2 Å². The quantitative estimate of drug-likeness (QED) is 0.747. The maximum absolute atomic E-state index is 12.5. The van der Waals surface area contributed by atoms with Gasteiger partial charge in [0.05, 0.1) is 25.1 Å². The van der Waals surface area contributed by atoms with Crippen LogP contribution in [0.5, 0.6) is 0 Å². The molecule has 1 unspecified atom stereocenters. The Labute approximate surface area is 132 Å². The third-order valence-electron chi connectivity index (χ3n) is 3.20. The third-order valence-corrected chi connectivity index (χ3v) is 5.25. The highest BCUT2D eigenvalue weighted by Gasteiger charge is 2.32. The van der Waals surface area contributed by atoms with Gasteiger partial charge < -0.3 is 13.9 Å². The molecule has 1 atom stereocenters. The number of oxime groups is 1. The highest BCUT2D eigenvalue weighted by Crippen LogP contribution is 2.49. The van der Waals surface area contributed by atoms with Crippen LogP contribution in [0.4, 0.5) is 0 Å². The average Bonchev–Trinajstić information content (AvgIpc) is 2.91. The van der Waals surface area contributed by atoms with Gasteiger partial charge in [-0.15, -0.1) is 0 Å². The topological polar surface area (TPSA) is 112 Å². The Bertz CT molecular complexity index is 743. The van der Waals surface area contributed by atoms with Crippen molar-refractivity contribution in [3.8, 4) is 0 Å². The molecule has 0 spiro atoms. The van der Waals surface area contributed by atoms with Crippen LogP contribution in [0.15, 0.2) is 20.9 Å². The highest BCUT2D eigenvalue weighted by atomic mass is 31.2. The van der Waals surface area contributed by atoms with Crippen LogP contribution in [0, 0.1) is 6.92 Å². The van der Waals surface area contributed by atoms with Crippen LogP contribution in [-0.4, -0.2) is 34.6 Å². The van der Waals surface area contributed by atoms with Crippen LogP contribution in [-0.2, 0) is 18.5 Å². The van der Waals surface area contributed by atoms with E-state index in [1.165, 1.54) is 10.8 Å². The van der Waals surface area contributed by atoms with Crippen LogP contribution in [0.25, 0.3) is 0 Å². The molecule has 1 aliphatic rings. The van der Waals surface area contributed by atoms with E-state index in [2.05, 4.69) is 10.1 Å². The first-order valence-corrected chi connectivity index (χ1v) is 9.03. The zero-order chi connectivity index (χ0) is 17.0. The van der Waals surface area contributed by atoms with Gasteiger partial charge in [-0.2, -0.15) is 0 Å². The van der Waals surface area contributed by atoms with Crippen molar-refractivity contribution in [2.24, 2.45) is 5.16 Å². The monoisotopic (exact) mass is 345 g/mol. The molecule has 10 heteroatoms. The normalized spacial score (nSPS) is 17.9. The number of aromatic amines is 1. The van der Waals surface area contributed by atoms with Gasteiger partial charge in [-0.1, -0.05) is 5.16 Å². The number of aryl methyl sites for hydroxylation is 1. The molecule has 0 bridgehead atoms. The number of rotatable bonds is 7. The molecule has 9 nitrogen and oxygen atoms in total. The number of nitrogens with zero attached hydrogens (tertiary/aromatic N) is 2. The number of nitrogens with one attached hydrogen (secondary N) is 1. The minimum atomic E-state index is -3.27. The van der Waals surface area contributed by atoms with Crippen molar-refractivity contribution in [3.05, 3.63) is 32.6 Å². The molecule has 0 saturated heterocycles. The number of aromatic nitrogens is 2. The van der Waals surface area contributed by atoms with Gasteiger partial charge in [-0.25, -0.2) is 4.79 Å². The van der Waals surface area contributed by atoms with E-state index in [1.54, 1.807) is 20.8 Å². The van der Waals surface area contributed by atoms with Gasteiger partial charge in [0.2, 0.25) is 6.23 Å². The largest absolute Gasteiger partial charge is 0.370 e. The van der Waals surface area contributed by atoms with Crippen molar-refractivity contribution in [1.82, 2.24) is 9.55 Å². The second-order valence-electron chi connectivity index (χ2n) is 5.00. The van der Waals surface area contributed by atoms with E-state index in [9.17, 15) is 14.2 Å². The fraction of sp³-hybridized carbons (Fsp3) is 0.615. The Hall–Kier alpha value is -1.70. The summed E-state index contributed by atoms with van der Waals surface area (Å²) >= 11 is 0. The van der Waals surface area contributed by atoms with E-state index in [1.807, 2.05) is 0 Å². The lowest BCUT2D eigenvalue weighted by Crippen LogP contribution is -2.33. The molecule has 0 saturated carbocycles. The van der Waals surface area contributed by atoms with Crippen LogP contribution in [0.2, 0.25) is 0 Å². The summed E-state index contributed by atoms with van der Waals surface area (Å²) in [4.78, 5) is 30.7. The first-order valence-electron chi connectivity index (χ1n) is 7.30. The van der Waals surface area contributed by atoms with Crippen molar-refractivity contribution in [1.29, 1.82) is 0 Å². The first kappa shape index (κ1) is 17.7. The van der Waals surface area contributed by atoms with Crippen LogP contribution in [0.3, 0.4) is 0 Å². The highest BCUT2D eigenvalue weighted by molar-refractivity contribution is 7.54. The molecule has 1 aliphatic heterocycles. The lowest BCUT2D eigenvalue weighted by Gasteiger charge is -2.16. The van der Waals surface area contributed by atoms with Gasteiger partial charge in [0.1, 0.15) is 0 Å². The summed E-state index contributed by atoms with van der Waals surface area (Å²) in [7, 11) is -3.27. The predicted octanol–water partition coefficient (Wildman–Crippen LogP) is 1.39. The van der Waals surface area contributed by atoms with Gasteiger partial charge in [0.25, 0.3) is 5.56 Å². The van der Waals surface area contributed by atoms with Gasteiger partial charge in [0.15, 0.2) is 0 Å². The molecular weight excluding hydrogens is 325 g/mol. The minimum Gasteiger partial charge on any atom is -0.370 e. The lowest BCUT2D eigenvalue weighted by molar-refractivity contribution is 0.0284. The fourth-order valence-corrected chi connectivity index (χ4v) is 3.88. The minimum absolute atomic E-state index is 0.00225. The van der Waals surface area contributed by atoms with Crippen molar-refractivity contribution >= 4 is 13.3 Å². The molecule has 0 fully saturated rings. The molecule has 0 amide bonds. The van der Waals surface area contributed by atoms with Crippen LogP contribution in [0.1, 0.15) is 32.1 Å². The standard InChI is InChI=1S/C13H20N3O6P/c1-4-20-23(19,21-5-2)8-10-6-11(22-15-10)16-7-9(3)12(17)14-13(16)18/h7,11H,4-6,8H2,1-3H3,(H,14,17,18). The molecule has 1 aromatic rings. The lowest BCUT2D eigenvalue weighted by atomic mass is 10.2. The molecule has 2 heterocycles. The summed E-state index contributed by atoms with van der Waals surface area (Å²) in [6.07, 6.45) is 0.983. The maximum Gasteiger partial charge on any atom is 0.336 e. The zero-order valence-electron chi connectivity index (χ0n) is 13.3. The van der Waals surface area contributed by atoms with Gasteiger partial charge >= 0.3 is 13.3 Å². The average molecular weight is 345 g/mol. The number of hydrogen-bond acceptors (Lipinski definition) is 7. The van der Waals surface area contributed by atoms with Gasteiger partial charge in [-0.3, -0.25) is 18.9 Å². The van der Waals surface area contributed by atoms with Crippen LogP contribution < -0.4 is 11.2 Å². The molecular formula is C13H20N3O6P. The summed E-state index contributed by atoms with van der Waals surface area (Å²) in [6, 6.07) is 0. The van der Waals surface area contributed by atoms with Gasteiger partial charge in [-0.05, 0) is 20.8 Å². The Morgan fingerprint density at radius 2 is 2.04 bits per heavy atom. The zero-order valence-corrected chi connectivity index (χ0v) is 14.2. The molecule has 128 valence electrons. The summed E-state index contributed by atoms with van der Waals surface area (Å²) in [5.74, 6) is 0. The summed E-state index contributed by atoms with van der Waals surface area (Å²) in [6.45, 7) is 5.55. The summed E-state index contributed by atoms with van der Waals surface area (Å²) in [5.41, 5.74) is -0.158. The number of hydrogen-bond donors (Lipinski definition) is 1. The molecule has 1 aromatic heterocycles. The maximum atomic E-state index is 12.5. The summed E-state index contributed by atoms with van der Waals surface area (Å²) in [5, 5.41) is 3.87. The van der Waals surface area contributed by atoms with Crippen molar-refractivity contribution in [3.63, 3.8) is 0 Å². The molecule has 0 aliphatic carbocycles. The smallest absolute Gasteiger partial charge is 0.336 e. The van der Waals surface area contributed by atoms with E-state index in [4.69, 9.17) is 13.9 Å². The SMILES string of the molecule is CCOP(=O)(CC1=NOC(n2cc(C)c(=O)[nH]c2=O)C1)OCC. The molecule has 0 radical (unpaired) electrons. The fourth-order valence-electron chi connectivity index (χ4n) is 2.20. The molecule has 2 rings (SSSR count). The molecule has 0 aromatic carbocycles.